The highest BCUT2D eigenvalue weighted by molar-refractivity contribution is 7.92. The predicted octanol–water partition coefficient (Wildman–Crippen LogP) is 2.74. The predicted molar refractivity (Wildman–Crippen MR) is 96.2 cm³/mol. The molecule has 0 saturated carbocycles. The number of amides is 1. The molecule has 0 spiro atoms. The molecule has 1 rings (SSSR count). The summed E-state index contributed by atoms with van der Waals surface area (Å²) in [4.78, 5) is 11.5. The van der Waals surface area contributed by atoms with Crippen molar-refractivity contribution in [2.45, 2.75) is 33.6 Å². The van der Waals surface area contributed by atoms with E-state index >= 15 is 0 Å². The third-order valence-corrected chi connectivity index (χ3v) is 4.29. The van der Waals surface area contributed by atoms with Crippen molar-refractivity contribution in [1.82, 2.24) is 5.32 Å². The van der Waals surface area contributed by atoms with Gasteiger partial charge in [-0.05, 0) is 19.8 Å². The lowest BCUT2D eigenvalue weighted by Crippen LogP contribution is -2.22. The first kappa shape index (κ1) is 20.9. The molecule has 8 nitrogen and oxygen atoms in total. The summed E-state index contributed by atoms with van der Waals surface area (Å²) in [7, 11) is -2.10. The molecule has 0 unspecified atom stereocenters. The van der Waals surface area contributed by atoms with Crippen LogP contribution >= 0.6 is 0 Å². The number of carbonyl (C=O) groups excluding carboxylic acids is 1. The molecular formula is C16H26N2O6S. The minimum atomic E-state index is -3.54. The fraction of sp³-hybridized carbons (Fsp3) is 0.562. The Bertz CT molecular complexity index is 646. The maximum absolute atomic E-state index is 12.0. The van der Waals surface area contributed by atoms with Crippen LogP contribution in [0.15, 0.2) is 12.1 Å². The van der Waals surface area contributed by atoms with Crippen molar-refractivity contribution in [2.75, 3.05) is 30.7 Å². The first-order valence-corrected chi connectivity index (χ1v) is 9.85. The first-order chi connectivity index (χ1) is 11.9. The highest BCUT2D eigenvalue weighted by Gasteiger charge is 2.20. The Morgan fingerprint density at radius 1 is 1.04 bits per heavy atom. The van der Waals surface area contributed by atoms with Crippen molar-refractivity contribution in [3.8, 4) is 17.2 Å². The average Bonchev–Trinajstić information content (AvgIpc) is 2.59. The third kappa shape index (κ3) is 6.69. The molecule has 2 N–H and O–H groups in total. The summed E-state index contributed by atoms with van der Waals surface area (Å²) in [5, 5.41) is 2.35. The summed E-state index contributed by atoms with van der Waals surface area (Å²) in [6, 6.07) is 2.91. The molecule has 0 atom stereocenters. The maximum atomic E-state index is 12.0. The van der Waals surface area contributed by atoms with Gasteiger partial charge in [0.15, 0.2) is 11.5 Å². The molecule has 0 aliphatic rings. The van der Waals surface area contributed by atoms with E-state index in [1.165, 1.54) is 26.1 Å². The van der Waals surface area contributed by atoms with Crippen LogP contribution in [-0.2, 0) is 10.0 Å². The van der Waals surface area contributed by atoms with Crippen LogP contribution < -0.4 is 24.2 Å². The number of ether oxygens (including phenoxy) is 3. The number of nitrogens with one attached hydrogen (secondary N) is 2. The lowest BCUT2D eigenvalue weighted by Gasteiger charge is -2.18. The fourth-order valence-electron chi connectivity index (χ4n) is 1.76. The molecule has 1 aromatic carbocycles. The van der Waals surface area contributed by atoms with Crippen molar-refractivity contribution in [3.05, 3.63) is 12.1 Å². The largest absolute Gasteiger partial charge is 0.491 e. The summed E-state index contributed by atoms with van der Waals surface area (Å²) in [5.74, 6) is 0.581. The van der Waals surface area contributed by atoms with E-state index in [-0.39, 0.29) is 28.7 Å². The van der Waals surface area contributed by atoms with Crippen molar-refractivity contribution in [1.29, 1.82) is 0 Å². The normalized spacial score (nSPS) is 10.9. The van der Waals surface area contributed by atoms with E-state index in [0.717, 1.165) is 12.8 Å². The Morgan fingerprint density at radius 2 is 1.56 bits per heavy atom. The smallest absolute Gasteiger partial charge is 0.412 e. The van der Waals surface area contributed by atoms with Crippen molar-refractivity contribution in [2.24, 2.45) is 0 Å². The van der Waals surface area contributed by atoms with Gasteiger partial charge in [-0.15, -0.1) is 0 Å². The second kappa shape index (κ2) is 9.97. The van der Waals surface area contributed by atoms with E-state index in [1.54, 1.807) is 0 Å². The van der Waals surface area contributed by atoms with Crippen LogP contribution in [0.4, 0.5) is 10.5 Å². The Kier molecular flexibility index (Phi) is 8.33. The summed E-state index contributed by atoms with van der Waals surface area (Å²) in [6.07, 6.45) is 0.807. The van der Waals surface area contributed by atoms with Gasteiger partial charge in [-0.3, -0.25) is 4.72 Å². The summed E-state index contributed by atoms with van der Waals surface area (Å²) in [6.45, 7) is 6.13. The maximum Gasteiger partial charge on any atom is 0.412 e. The number of hydrogen-bond donors (Lipinski definition) is 2. The van der Waals surface area contributed by atoms with E-state index in [2.05, 4.69) is 10.0 Å². The van der Waals surface area contributed by atoms with Crippen LogP contribution in [0.25, 0.3) is 0 Å². The number of anilines is 1. The van der Waals surface area contributed by atoms with Gasteiger partial charge >= 0.3 is 6.09 Å². The van der Waals surface area contributed by atoms with Gasteiger partial charge in [0.2, 0.25) is 10.0 Å². The second-order valence-electron chi connectivity index (χ2n) is 5.14. The van der Waals surface area contributed by atoms with Gasteiger partial charge < -0.3 is 19.5 Å². The summed E-state index contributed by atoms with van der Waals surface area (Å²) in [5.41, 5.74) is 0.202. The molecule has 0 aromatic heterocycles. The summed E-state index contributed by atoms with van der Waals surface area (Å²) >= 11 is 0. The molecule has 0 aliphatic carbocycles. The molecular weight excluding hydrogens is 348 g/mol. The fourth-order valence-corrected chi connectivity index (χ4v) is 2.42. The van der Waals surface area contributed by atoms with Gasteiger partial charge in [0.05, 0.1) is 19.0 Å². The van der Waals surface area contributed by atoms with Gasteiger partial charge in [0.1, 0.15) is 11.4 Å². The number of sulfonamides is 1. The molecule has 0 heterocycles. The number of rotatable bonds is 10. The van der Waals surface area contributed by atoms with E-state index in [1.807, 2.05) is 13.8 Å². The molecule has 0 fully saturated rings. The van der Waals surface area contributed by atoms with Crippen molar-refractivity contribution < 1.29 is 27.4 Å². The van der Waals surface area contributed by atoms with E-state index < -0.39 is 16.1 Å². The Morgan fingerprint density at radius 3 is 1.96 bits per heavy atom. The van der Waals surface area contributed by atoms with Crippen LogP contribution in [0.3, 0.4) is 0 Å². The van der Waals surface area contributed by atoms with E-state index in [4.69, 9.17) is 14.2 Å². The number of carbonyl (C=O) groups is 1. The molecule has 0 radical (unpaired) electrons. The van der Waals surface area contributed by atoms with Crippen LogP contribution in [0.5, 0.6) is 17.2 Å². The summed E-state index contributed by atoms with van der Waals surface area (Å²) < 4.78 is 42.9. The molecule has 25 heavy (non-hydrogen) atoms. The van der Waals surface area contributed by atoms with Gasteiger partial charge in [0.25, 0.3) is 0 Å². The van der Waals surface area contributed by atoms with Gasteiger partial charge in [-0.1, -0.05) is 13.8 Å². The Hall–Kier alpha value is -2.16. The van der Waals surface area contributed by atoms with E-state index in [9.17, 15) is 13.2 Å². The monoisotopic (exact) mass is 374 g/mol. The molecule has 0 saturated heterocycles. The SMILES string of the molecule is CCCOc1cc(OC(=O)NC)cc(OCCC)c1NS(=O)(=O)CC. The van der Waals surface area contributed by atoms with Crippen molar-refractivity contribution >= 4 is 21.8 Å². The molecule has 0 bridgehead atoms. The average molecular weight is 374 g/mol. The zero-order chi connectivity index (χ0) is 18.9. The van der Waals surface area contributed by atoms with Gasteiger partial charge in [-0.2, -0.15) is 0 Å². The zero-order valence-electron chi connectivity index (χ0n) is 15.0. The second-order valence-corrected chi connectivity index (χ2v) is 7.15. The quantitative estimate of drug-likeness (QED) is 0.653. The molecule has 0 aliphatic heterocycles. The van der Waals surface area contributed by atoms with Crippen LogP contribution in [-0.4, -0.2) is 40.5 Å². The van der Waals surface area contributed by atoms with Gasteiger partial charge in [-0.25, -0.2) is 13.2 Å². The third-order valence-electron chi connectivity index (χ3n) is 3.02. The minimum Gasteiger partial charge on any atom is -0.491 e. The molecule has 1 amide bonds. The van der Waals surface area contributed by atoms with Crippen LogP contribution in [0.1, 0.15) is 33.6 Å². The van der Waals surface area contributed by atoms with Crippen LogP contribution in [0, 0.1) is 0 Å². The number of hydrogen-bond acceptors (Lipinski definition) is 6. The van der Waals surface area contributed by atoms with Gasteiger partial charge in [0, 0.05) is 19.2 Å². The minimum absolute atomic E-state index is 0.0933. The highest BCUT2D eigenvalue weighted by Crippen LogP contribution is 2.40. The van der Waals surface area contributed by atoms with Crippen LogP contribution in [0.2, 0.25) is 0 Å². The topological polar surface area (TPSA) is 103 Å². The molecule has 142 valence electrons. The first-order valence-electron chi connectivity index (χ1n) is 8.20. The molecule has 9 heteroatoms. The Labute approximate surface area is 148 Å². The zero-order valence-corrected chi connectivity index (χ0v) is 15.9. The highest BCUT2D eigenvalue weighted by atomic mass is 32.2. The van der Waals surface area contributed by atoms with Crippen molar-refractivity contribution in [3.63, 3.8) is 0 Å². The Balaban J connectivity index is 3.36. The van der Waals surface area contributed by atoms with E-state index in [0.29, 0.717) is 13.2 Å². The molecule has 1 aromatic rings. The number of benzene rings is 1. The lowest BCUT2D eigenvalue weighted by molar-refractivity contribution is 0.202. The lowest BCUT2D eigenvalue weighted by atomic mass is 10.2. The standard InChI is InChI=1S/C16H26N2O6S/c1-5-8-22-13-10-12(24-16(19)17-4)11-14(23-9-6-2)15(13)18-25(20,21)7-3/h10-11,18H,5-9H2,1-4H3,(H,17,19).